The van der Waals surface area contributed by atoms with Crippen LogP contribution in [0.3, 0.4) is 0 Å². The van der Waals surface area contributed by atoms with E-state index in [0.717, 1.165) is 64.7 Å². The number of rotatable bonds is 5. The van der Waals surface area contributed by atoms with Crippen LogP contribution in [0.5, 0.6) is 0 Å². The molecule has 6 nitrogen and oxygen atoms in total. The predicted molar refractivity (Wildman–Crippen MR) is 90.0 cm³/mol. The summed E-state index contributed by atoms with van der Waals surface area (Å²) in [5.41, 5.74) is 0. The van der Waals surface area contributed by atoms with Crippen LogP contribution < -0.4 is 5.32 Å². The lowest BCUT2D eigenvalue weighted by Crippen LogP contribution is -2.46. The second-order valence-electron chi connectivity index (χ2n) is 7.39. The van der Waals surface area contributed by atoms with Gasteiger partial charge in [0.1, 0.15) is 6.54 Å². The van der Waals surface area contributed by atoms with Crippen LogP contribution in [-0.4, -0.2) is 60.2 Å². The Morgan fingerprint density at radius 1 is 1.04 bits per heavy atom. The van der Waals surface area contributed by atoms with E-state index in [1.165, 1.54) is 4.90 Å². The third-order valence-electron chi connectivity index (χ3n) is 5.88. The van der Waals surface area contributed by atoms with Gasteiger partial charge in [-0.25, -0.2) is 0 Å². The topological polar surface area (TPSA) is 69.7 Å². The first-order chi connectivity index (χ1) is 11.6. The van der Waals surface area contributed by atoms with Gasteiger partial charge in [-0.3, -0.25) is 19.3 Å². The number of piperidine rings is 1. The molecule has 2 heterocycles. The molecule has 2 unspecified atom stereocenters. The average molecular weight is 335 g/mol. The van der Waals surface area contributed by atoms with Gasteiger partial charge in [-0.2, -0.15) is 0 Å². The van der Waals surface area contributed by atoms with Crippen molar-refractivity contribution in [1.82, 2.24) is 15.1 Å². The molecule has 0 aromatic rings. The van der Waals surface area contributed by atoms with Gasteiger partial charge in [-0.15, -0.1) is 0 Å². The van der Waals surface area contributed by atoms with Gasteiger partial charge in [0, 0.05) is 13.1 Å². The van der Waals surface area contributed by atoms with Gasteiger partial charge < -0.3 is 10.2 Å². The van der Waals surface area contributed by atoms with Crippen molar-refractivity contribution in [2.75, 3.05) is 32.7 Å². The maximum Gasteiger partial charge on any atom is 0.242 e. The summed E-state index contributed by atoms with van der Waals surface area (Å²) in [5, 5.41) is 3.36. The molecule has 0 spiro atoms. The lowest BCUT2D eigenvalue weighted by molar-refractivity contribution is -0.147. The van der Waals surface area contributed by atoms with Crippen molar-refractivity contribution in [2.45, 2.75) is 45.4 Å². The third-order valence-corrected chi connectivity index (χ3v) is 5.88. The molecule has 0 aromatic heterocycles. The Kier molecular flexibility index (Phi) is 5.54. The van der Waals surface area contributed by atoms with Crippen LogP contribution in [0.1, 0.15) is 45.4 Å². The minimum absolute atomic E-state index is 0.0530. The molecule has 3 fully saturated rings. The van der Waals surface area contributed by atoms with Gasteiger partial charge in [0.05, 0.1) is 11.8 Å². The number of imide groups is 1. The Morgan fingerprint density at radius 3 is 2.17 bits per heavy atom. The van der Waals surface area contributed by atoms with Crippen LogP contribution in [-0.2, 0) is 14.4 Å². The zero-order chi connectivity index (χ0) is 17.1. The summed E-state index contributed by atoms with van der Waals surface area (Å²) >= 11 is 0. The average Bonchev–Trinajstić information content (AvgIpc) is 2.85. The Hall–Kier alpha value is -1.43. The van der Waals surface area contributed by atoms with E-state index in [-0.39, 0.29) is 36.1 Å². The van der Waals surface area contributed by atoms with Crippen LogP contribution in [0.2, 0.25) is 0 Å². The molecule has 2 atom stereocenters. The van der Waals surface area contributed by atoms with Gasteiger partial charge in [-0.1, -0.05) is 19.8 Å². The number of hydrogen-bond acceptors (Lipinski definition) is 4. The number of hydrogen-bond donors (Lipinski definition) is 1. The summed E-state index contributed by atoms with van der Waals surface area (Å²) in [6.07, 6.45) is 5.62. The summed E-state index contributed by atoms with van der Waals surface area (Å²) in [6, 6.07) is 0. The van der Waals surface area contributed by atoms with E-state index in [1.807, 2.05) is 4.90 Å². The van der Waals surface area contributed by atoms with E-state index in [4.69, 9.17) is 0 Å². The Morgan fingerprint density at radius 2 is 1.62 bits per heavy atom. The van der Waals surface area contributed by atoms with Gasteiger partial charge >= 0.3 is 0 Å². The molecule has 0 aromatic carbocycles. The highest BCUT2D eigenvalue weighted by atomic mass is 16.2. The molecular weight excluding hydrogens is 306 g/mol. The molecule has 0 bridgehead atoms. The molecule has 24 heavy (non-hydrogen) atoms. The molecule has 1 aliphatic carbocycles. The molecular formula is C18H29N3O3. The first-order valence-electron chi connectivity index (χ1n) is 9.45. The fourth-order valence-corrected chi connectivity index (χ4v) is 4.36. The number of nitrogens with one attached hydrogen (secondary N) is 1. The van der Waals surface area contributed by atoms with Crippen molar-refractivity contribution in [3.8, 4) is 0 Å². The SMILES string of the molecule is CCNCC1CCN(C(=O)CN2C(=O)C3CCCCC3C2=O)CC1. The number of carbonyl (C=O) groups is 3. The Balaban J connectivity index is 1.52. The third kappa shape index (κ3) is 3.48. The molecule has 1 N–H and O–H groups in total. The normalized spacial score (nSPS) is 28.4. The van der Waals surface area contributed by atoms with E-state index in [0.29, 0.717) is 5.92 Å². The first-order valence-corrected chi connectivity index (χ1v) is 9.45. The van der Waals surface area contributed by atoms with Crippen LogP contribution >= 0.6 is 0 Å². The summed E-state index contributed by atoms with van der Waals surface area (Å²) < 4.78 is 0. The highest BCUT2D eigenvalue weighted by Crippen LogP contribution is 2.37. The monoisotopic (exact) mass is 335 g/mol. The maximum atomic E-state index is 12.5. The largest absolute Gasteiger partial charge is 0.341 e. The second kappa shape index (κ2) is 7.64. The van der Waals surface area contributed by atoms with Crippen molar-refractivity contribution in [1.29, 1.82) is 0 Å². The molecule has 3 amide bonds. The zero-order valence-corrected chi connectivity index (χ0v) is 14.6. The van der Waals surface area contributed by atoms with E-state index in [1.54, 1.807) is 0 Å². The lowest BCUT2D eigenvalue weighted by Gasteiger charge is -2.33. The molecule has 6 heteroatoms. The lowest BCUT2D eigenvalue weighted by atomic mass is 9.81. The van der Waals surface area contributed by atoms with Crippen molar-refractivity contribution in [3.63, 3.8) is 0 Å². The van der Waals surface area contributed by atoms with Gasteiger partial charge in [0.15, 0.2) is 0 Å². The smallest absolute Gasteiger partial charge is 0.242 e. The van der Waals surface area contributed by atoms with E-state index >= 15 is 0 Å². The van der Waals surface area contributed by atoms with Crippen molar-refractivity contribution in [3.05, 3.63) is 0 Å². The summed E-state index contributed by atoms with van der Waals surface area (Å²) in [6.45, 7) is 5.49. The predicted octanol–water partition coefficient (Wildman–Crippen LogP) is 1.01. The van der Waals surface area contributed by atoms with Crippen molar-refractivity contribution < 1.29 is 14.4 Å². The molecule has 2 saturated heterocycles. The molecule has 1 saturated carbocycles. The summed E-state index contributed by atoms with van der Waals surface area (Å²) in [5.74, 6) is -0.000796. The van der Waals surface area contributed by atoms with E-state index in [2.05, 4.69) is 12.2 Å². The summed E-state index contributed by atoms with van der Waals surface area (Å²) in [7, 11) is 0. The highest BCUT2D eigenvalue weighted by molar-refractivity contribution is 6.07. The number of amides is 3. The van der Waals surface area contributed by atoms with Crippen LogP contribution in [0.15, 0.2) is 0 Å². The first kappa shape index (κ1) is 17.4. The highest BCUT2D eigenvalue weighted by Gasteiger charge is 2.48. The minimum Gasteiger partial charge on any atom is -0.341 e. The molecule has 3 rings (SSSR count). The number of nitrogens with zero attached hydrogens (tertiary/aromatic N) is 2. The number of likely N-dealkylation sites (tertiary alicyclic amines) is 2. The maximum absolute atomic E-state index is 12.5. The number of carbonyl (C=O) groups excluding carboxylic acids is 3. The van der Waals surface area contributed by atoms with Crippen LogP contribution in [0.4, 0.5) is 0 Å². The van der Waals surface area contributed by atoms with E-state index < -0.39 is 0 Å². The molecule has 3 aliphatic rings. The Bertz CT molecular complexity index is 476. The molecule has 134 valence electrons. The summed E-state index contributed by atoms with van der Waals surface area (Å²) in [4.78, 5) is 40.5. The fraction of sp³-hybridized carbons (Fsp3) is 0.833. The zero-order valence-electron chi connectivity index (χ0n) is 14.6. The van der Waals surface area contributed by atoms with Gasteiger partial charge in [-0.05, 0) is 44.7 Å². The van der Waals surface area contributed by atoms with Crippen molar-refractivity contribution >= 4 is 17.7 Å². The van der Waals surface area contributed by atoms with Crippen LogP contribution in [0.25, 0.3) is 0 Å². The quantitative estimate of drug-likeness (QED) is 0.761. The van der Waals surface area contributed by atoms with Crippen molar-refractivity contribution in [2.24, 2.45) is 17.8 Å². The molecule has 2 aliphatic heterocycles. The minimum atomic E-state index is -0.162. The Labute approximate surface area is 143 Å². The van der Waals surface area contributed by atoms with Gasteiger partial charge in [0.25, 0.3) is 0 Å². The van der Waals surface area contributed by atoms with Crippen LogP contribution in [0, 0.1) is 17.8 Å². The number of fused-ring (bicyclic) bond motifs is 1. The standard InChI is InChI=1S/C18H29N3O3/c1-2-19-11-13-7-9-20(10-8-13)16(22)12-21-17(23)14-5-3-4-6-15(14)18(21)24/h13-15,19H,2-12H2,1H3. The molecule has 0 radical (unpaired) electrons. The fourth-order valence-electron chi connectivity index (χ4n) is 4.36. The second-order valence-corrected chi connectivity index (χ2v) is 7.39. The van der Waals surface area contributed by atoms with E-state index in [9.17, 15) is 14.4 Å². The van der Waals surface area contributed by atoms with Gasteiger partial charge in [0.2, 0.25) is 17.7 Å².